The maximum atomic E-state index is 13.1. The van der Waals surface area contributed by atoms with Gasteiger partial charge < -0.3 is 21.5 Å². The summed E-state index contributed by atoms with van der Waals surface area (Å²) in [5.41, 5.74) is 8.33. The summed E-state index contributed by atoms with van der Waals surface area (Å²) in [6.07, 6.45) is 2.39. The third kappa shape index (κ3) is 4.01. The van der Waals surface area contributed by atoms with E-state index in [9.17, 15) is 9.50 Å². The number of halogens is 1. The van der Waals surface area contributed by atoms with Crippen molar-refractivity contribution < 1.29 is 9.50 Å². The first kappa shape index (κ1) is 17.3. The highest BCUT2D eigenvalue weighted by Crippen LogP contribution is 2.39. The number of H-pyrrole nitrogens is 1. The zero-order valence-electron chi connectivity index (χ0n) is 14.6. The molecule has 1 saturated carbocycles. The van der Waals surface area contributed by atoms with Crippen LogP contribution in [0.4, 0.5) is 27.5 Å². The number of aromatic nitrogens is 3. The Morgan fingerprint density at radius 1 is 1.19 bits per heavy atom. The average Bonchev–Trinajstić information content (AvgIpc) is 3.42. The summed E-state index contributed by atoms with van der Waals surface area (Å²) in [5, 5.41) is 23.3. The molecule has 1 aromatic carbocycles. The van der Waals surface area contributed by atoms with Crippen LogP contribution in [0.2, 0.25) is 0 Å². The Kier molecular flexibility index (Phi) is 4.64. The normalized spacial score (nSPS) is 14.7. The zero-order valence-corrected chi connectivity index (χ0v) is 14.6. The van der Waals surface area contributed by atoms with Crippen molar-refractivity contribution in [1.82, 2.24) is 15.2 Å². The molecule has 2 heterocycles. The molecule has 4 rings (SSSR count). The number of rotatable bonds is 7. The van der Waals surface area contributed by atoms with Gasteiger partial charge in [0.05, 0.1) is 18.3 Å². The Balaban J connectivity index is 1.51. The number of anilines is 4. The van der Waals surface area contributed by atoms with Crippen molar-refractivity contribution in [3.63, 3.8) is 0 Å². The molecule has 0 radical (unpaired) electrons. The quantitative estimate of drug-likeness (QED) is 0.437. The summed E-state index contributed by atoms with van der Waals surface area (Å²) >= 11 is 0. The Hall–Kier alpha value is -3.13. The lowest BCUT2D eigenvalue weighted by Crippen LogP contribution is -2.17. The summed E-state index contributed by atoms with van der Waals surface area (Å²) in [4.78, 5) is 4.48. The van der Waals surface area contributed by atoms with Crippen LogP contribution in [0, 0.1) is 5.82 Å². The van der Waals surface area contributed by atoms with E-state index in [1.54, 1.807) is 24.3 Å². The molecule has 0 bridgehead atoms. The van der Waals surface area contributed by atoms with E-state index < -0.39 is 6.04 Å². The van der Waals surface area contributed by atoms with Crippen molar-refractivity contribution in [1.29, 1.82) is 0 Å². The molecule has 7 nitrogen and oxygen atoms in total. The molecule has 0 saturated heterocycles. The van der Waals surface area contributed by atoms with Crippen molar-refractivity contribution in [2.75, 3.05) is 23.0 Å². The van der Waals surface area contributed by atoms with Gasteiger partial charge in [0, 0.05) is 17.7 Å². The van der Waals surface area contributed by atoms with Gasteiger partial charge in [0.2, 0.25) is 0 Å². The van der Waals surface area contributed by atoms with Crippen molar-refractivity contribution in [3.8, 4) is 0 Å². The molecule has 6 N–H and O–H groups in total. The van der Waals surface area contributed by atoms with Gasteiger partial charge in [-0.05, 0) is 42.7 Å². The summed E-state index contributed by atoms with van der Waals surface area (Å²) in [5.74, 6) is 1.96. The van der Waals surface area contributed by atoms with E-state index in [4.69, 9.17) is 5.73 Å². The summed E-state index contributed by atoms with van der Waals surface area (Å²) in [6, 6.07) is 10.9. The smallest absolute Gasteiger partial charge is 0.153 e. The third-order valence-corrected chi connectivity index (χ3v) is 4.56. The van der Waals surface area contributed by atoms with Gasteiger partial charge in [-0.3, -0.25) is 5.10 Å². The molecular weight excluding hydrogens is 347 g/mol. The molecule has 1 aliphatic rings. The van der Waals surface area contributed by atoms with Crippen LogP contribution in [0.1, 0.15) is 36.1 Å². The molecule has 27 heavy (non-hydrogen) atoms. The maximum absolute atomic E-state index is 13.1. The Bertz CT molecular complexity index is 922. The van der Waals surface area contributed by atoms with Crippen LogP contribution in [-0.2, 0) is 0 Å². The predicted octanol–water partition coefficient (Wildman–Crippen LogP) is 3.29. The van der Waals surface area contributed by atoms with E-state index in [0.29, 0.717) is 29.1 Å². The molecule has 8 heteroatoms. The minimum absolute atomic E-state index is 0.186. The number of nitrogens with zero attached hydrogens (tertiary/aromatic N) is 2. The van der Waals surface area contributed by atoms with Gasteiger partial charge in [0.15, 0.2) is 11.6 Å². The second-order valence-electron chi connectivity index (χ2n) is 6.67. The first-order valence-electron chi connectivity index (χ1n) is 8.84. The Labute approximate surface area is 155 Å². The van der Waals surface area contributed by atoms with E-state index in [0.717, 1.165) is 11.3 Å². The largest absolute Gasteiger partial charge is 0.396 e. The first-order valence-corrected chi connectivity index (χ1v) is 8.84. The lowest BCUT2D eigenvalue weighted by atomic mass is 10.1. The number of nitrogens with one attached hydrogen (secondary N) is 3. The molecule has 1 fully saturated rings. The molecular formula is C19H21FN6O. The van der Waals surface area contributed by atoms with Gasteiger partial charge in [-0.15, -0.1) is 0 Å². The number of nitrogen functional groups attached to an aromatic ring is 1. The van der Waals surface area contributed by atoms with Gasteiger partial charge in [-0.2, -0.15) is 5.10 Å². The number of aliphatic hydroxyl groups excluding tert-OH is 1. The fourth-order valence-corrected chi connectivity index (χ4v) is 2.88. The number of aromatic amines is 1. The third-order valence-electron chi connectivity index (χ3n) is 4.56. The van der Waals surface area contributed by atoms with Crippen molar-refractivity contribution in [2.24, 2.45) is 0 Å². The molecule has 140 valence electrons. The van der Waals surface area contributed by atoms with Crippen molar-refractivity contribution in [3.05, 3.63) is 59.5 Å². The number of hydrogen-bond acceptors (Lipinski definition) is 6. The molecule has 3 aromatic rings. The van der Waals surface area contributed by atoms with Crippen LogP contribution in [-0.4, -0.2) is 26.9 Å². The molecule has 1 atom stereocenters. The maximum Gasteiger partial charge on any atom is 0.153 e. The molecule has 1 unspecified atom stereocenters. The fourth-order valence-electron chi connectivity index (χ4n) is 2.88. The first-order chi connectivity index (χ1) is 13.1. The van der Waals surface area contributed by atoms with Gasteiger partial charge in [0.1, 0.15) is 11.6 Å². The van der Waals surface area contributed by atoms with Gasteiger partial charge in [-0.1, -0.05) is 12.1 Å². The fraction of sp³-hybridized carbons (Fsp3) is 0.263. The lowest BCUT2D eigenvalue weighted by molar-refractivity contribution is 0.276. The molecule has 1 aliphatic carbocycles. The van der Waals surface area contributed by atoms with Crippen molar-refractivity contribution in [2.45, 2.75) is 24.8 Å². The highest BCUT2D eigenvalue weighted by atomic mass is 19.1. The molecule has 0 aliphatic heterocycles. The topological polar surface area (TPSA) is 112 Å². The minimum Gasteiger partial charge on any atom is -0.396 e. The standard InChI is InChI=1S/C19H21FN6O/c20-13-5-3-12(4-6-13)16(10-27)22-19-14(21)7-8-17(24-19)23-18-9-15(25-26-18)11-1-2-11/h3-9,11,16,27H,1-2,10,21H2,(H3,22,23,24,25,26). The van der Waals surface area contributed by atoms with Gasteiger partial charge >= 0.3 is 0 Å². The van der Waals surface area contributed by atoms with Crippen molar-refractivity contribution >= 4 is 23.1 Å². The van der Waals surface area contributed by atoms with E-state index in [-0.39, 0.29) is 12.4 Å². The summed E-state index contributed by atoms with van der Waals surface area (Å²) in [6.45, 7) is -0.186. The second-order valence-corrected chi connectivity index (χ2v) is 6.67. The zero-order chi connectivity index (χ0) is 18.8. The van der Waals surface area contributed by atoms with E-state index in [1.807, 2.05) is 6.07 Å². The van der Waals surface area contributed by atoms with Gasteiger partial charge in [-0.25, -0.2) is 9.37 Å². The summed E-state index contributed by atoms with van der Waals surface area (Å²) < 4.78 is 13.1. The number of aliphatic hydroxyl groups is 1. The van der Waals surface area contributed by atoms with Crippen LogP contribution in [0.3, 0.4) is 0 Å². The van der Waals surface area contributed by atoms with Crippen LogP contribution in [0.25, 0.3) is 0 Å². The van der Waals surface area contributed by atoms with Gasteiger partial charge in [0.25, 0.3) is 0 Å². The Morgan fingerprint density at radius 3 is 2.67 bits per heavy atom. The van der Waals surface area contributed by atoms with E-state index >= 15 is 0 Å². The highest BCUT2D eigenvalue weighted by Gasteiger charge is 2.25. The lowest BCUT2D eigenvalue weighted by Gasteiger charge is -2.19. The van der Waals surface area contributed by atoms with E-state index in [2.05, 4.69) is 25.8 Å². The SMILES string of the molecule is Nc1ccc(Nc2cc(C3CC3)[nH]n2)nc1NC(CO)c1ccc(F)cc1. The van der Waals surface area contributed by atoms with Crippen LogP contribution in [0.15, 0.2) is 42.5 Å². The molecule has 0 spiro atoms. The van der Waals surface area contributed by atoms with Crippen LogP contribution in [0.5, 0.6) is 0 Å². The average molecular weight is 368 g/mol. The predicted molar refractivity (Wildman–Crippen MR) is 102 cm³/mol. The highest BCUT2D eigenvalue weighted by molar-refractivity contribution is 5.67. The minimum atomic E-state index is -0.456. The Morgan fingerprint density at radius 2 is 1.96 bits per heavy atom. The monoisotopic (exact) mass is 368 g/mol. The number of pyridine rings is 1. The second kappa shape index (κ2) is 7.24. The van der Waals surface area contributed by atoms with E-state index in [1.165, 1.54) is 25.0 Å². The van der Waals surface area contributed by atoms with Crippen LogP contribution >= 0.6 is 0 Å². The van der Waals surface area contributed by atoms with Crippen LogP contribution < -0.4 is 16.4 Å². The number of nitrogens with two attached hydrogens (primary N) is 1. The number of hydrogen-bond donors (Lipinski definition) is 5. The number of benzene rings is 1. The molecule has 0 amide bonds. The summed E-state index contributed by atoms with van der Waals surface area (Å²) in [7, 11) is 0. The molecule has 2 aromatic heterocycles.